The van der Waals surface area contributed by atoms with E-state index in [0.29, 0.717) is 5.75 Å². The lowest BCUT2D eigenvalue weighted by molar-refractivity contribution is -0.149. The number of hydrogen-bond donors (Lipinski definition) is 0. The molecule has 0 aliphatic rings. The van der Waals surface area contributed by atoms with E-state index < -0.39 is 24.3 Å². The summed E-state index contributed by atoms with van der Waals surface area (Å²) in [7, 11) is 1.48. The van der Waals surface area contributed by atoms with Gasteiger partial charge in [-0.05, 0) is 29.8 Å². The molecule has 0 unspecified atom stereocenters. The van der Waals surface area contributed by atoms with Crippen molar-refractivity contribution in [1.29, 1.82) is 0 Å². The third-order valence-electron chi connectivity index (χ3n) is 3.40. The van der Waals surface area contributed by atoms with Crippen molar-refractivity contribution in [2.75, 3.05) is 7.11 Å². The first-order chi connectivity index (χ1) is 10.4. The average Bonchev–Trinajstić information content (AvgIpc) is 2.52. The highest BCUT2D eigenvalue weighted by Gasteiger charge is 2.41. The SMILES string of the molecule is COc1ccc(C(=O)C[C@H](c2ccccc2)C(F)(F)F)cc1. The Kier molecular flexibility index (Phi) is 4.85. The summed E-state index contributed by atoms with van der Waals surface area (Å²) < 4.78 is 44.6. The third-order valence-corrected chi connectivity index (χ3v) is 3.40. The summed E-state index contributed by atoms with van der Waals surface area (Å²) in [4.78, 5) is 12.1. The summed E-state index contributed by atoms with van der Waals surface area (Å²) in [6, 6.07) is 13.5. The minimum absolute atomic E-state index is 0.0943. The van der Waals surface area contributed by atoms with E-state index in [-0.39, 0.29) is 11.1 Å². The molecule has 0 radical (unpaired) electrons. The van der Waals surface area contributed by atoms with Crippen molar-refractivity contribution in [3.05, 3.63) is 65.7 Å². The van der Waals surface area contributed by atoms with Crippen LogP contribution in [0.1, 0.15) is 28.3 Å². The Bertz CT molecular complexity index is 619. The van der Waals surface area contributed by atoms with E-state index in [1.54, 1.807) is 18.2 Å². The molecule has 2 nitrogen and oxygen atoms in total. The third kappa shape index (κ3) is 3.87. The smallest absolute Gasteiger partial charge is 0.396 e. The number of Topliss-reactive ketones (excluding diaryl/α,β-unsaturated/α-hetero) is 1. The summed E-state index contributed by atoms with van der Waals surface area (Å²) in [5.74, 6) is -1.80. The van der Waals surface area contributed by atoms with Crippen molar-refractivity contribution in [3.8, 4) is 5.75 Å². The van der Waals surface area contributed by atoms with Crippen molar-refractivity contribution < 1.29 is 22.7 Å². The molecule has 0 aliphatic carbocycles. The maximum atomic E-state index is 13.2. The Balaban J connectivity index is 2.21. The molecule has 2 aromatic rings. The van der Waals surface area contributed by atoms with E-state index in [9.17, 15) is 18.0 Å². The maximum absolute atomic E-state index is 13.2. The van der Waals surface area contributed by atoms with Gasteiger partial charge in [-0.25, -0.2) is 0 Å². The zero-order valence-corrected chi connectivity index (χ0v) is 11.9. The number of ether oxygens (including phenoxy) is 1. The highest BCUT2D eigenvalue weighted by Crippen LogP contribution is 2.38. The number of carbonyl (C=O) groups excluding carboxylic acids is 1. The van der Waals surface area contributed by atoms with Gasteiger partial charge in [0, 0.05) is 12.0 Å². The molecule has 1 atom stereocenters. The second-order valence-corrected chi connectivity index (χ2v) is 4.86. The fourth-order valence-electron chi connectivity index (χ4n) is 2.19. The van der Waals surface area contributed by atoms with E-state index in [0.717, 1.165) is 0 Å². The lowest BCUT2D eigenvalue weighted by Gasteiger charge is -2.20. The molecule has 0 aliphatic heterocycles. The van der Waals surface area contributed by atoms with Crippen molar-refractivity contribution in [2.45, 2.75) is 18.5 Å². The molecule has 0 spiro atoms. The number of methoxy groups -OCH3 is 1. The van der Waals surface area contributed by atoms with Crippen molar-refractivity contribution in [3.63, 3.8) is 0 Å². The molecule has 0 saturated heterocycles. The van der Waals surface area contributed by atoms with E-state index in [1.807, 2.05) is 0 Å². The number of benzene rings is 2. The van der Waals surface area contributed by atoms with E-state index >= 15 is 0 Å². The normalized spacial score (nSPS) is 12.7. The van der Waals surface area contributed by atoms with Crippen LogP contribution in [0.2, 0.25) is 0 Å². The number of hydrogen-bond acceptors (Lipinski definition) is 2. The quantitative estimate of drug-likeness (QED) is 0.754. The average molecular weight is 308 g/mol. The Morgan fingerprint density at radius 3 is 2.14 bits per heavy atom. The Morgan fingerprint density at radius 1 is 1.05 bits per heavy atom. The summed E-state index contributed by atoms with van der Waals surface area (Å²) in [6.45, 7) is 0. The first kappa shape index (κ1) is 16.1. The topological polar surface area (TPSA) is 26.3 Å². The van der Waals surface area contributed by atoms with Crippen LogP contribution in [0.15, 0.2) is 54.6 Å². The van der Waals surface area contributed by atoms with Crippen LogP contribution in [0.4, 0.5) is 13.2 Å². The second-order valence-electron chi connectivity index (χ2n) is 4.86. The van der Waals surface area contributed by atoms with E-state index in [2.05, 4.69) is 0 Å². The minimum atomic E-state index is -4.47. The summed E-state index contributed by atoms with van der Waals surface area (Å²) in [6.07, 6.45) is -5.08. The number of rotatable bonds is 5. The molecule has 22 heavy (non-hydrogen) atoms. The Hall–Kier alpha value is -2.30. The predicted molar refractivity (Wildman–Crippen MR) is 77.2 cm³/mol. The summed E-state index contributed by atoms with van der Waals surface area (Å²) in [5, 5.41) is 0. The molecule has 0 bridgehead atoms. The van der Waals surface area contributed by atoms with Crippen molar-refractivity contribution in [1.82, 2.24) is 0 Å². The van der Waals surface area contributed by atoms with Crippen LogP contribution in [0, 0.1) is 0 Å². The van der Waals surface area contributed by atoms with Gasteiger partial charge >= 0.3 is 6.18 Å². The van der Waals surface area contributed by atoms with Crippen LogP contribution in [0.25, 0.3) is 0 Å². The molecule has 2 rings (SSSR count). The minimum Gasteiger partial charge on any atom is -0.497 e. The van der Waals surface area contributed by atoms with Gasteiger partial charge in [0.15, 0.2) is 5.78 Å². The molecule has 0 aromatic heterocycles. The predicted octanol–water partition coefficient (Wildman–Crippen LogP) is 4.61. The van der Waals surface area contributed by atoms with Crippen LogP contribution in [-0.2, 0) is 0 Å². The van der Waals surface area contributed by atoms with Gasteiger partial charge in [-0.15, -0.1) is 0 Å². The zero-order chi connectivity index (χ0) is 16.2. The van der Waals surface area contributed by atoms with E-state index in [1.165, 1.54) is 43.5 Å². The van der Waals surface area contributed by atoms with Gasteiger partial charge in [-0.1, -0.05) is 30.3 Å². The molecule has 0 amide bonds. The molecule has 2 aromatic carbocycles. The highest BCUT2D eigenvalue weighted by atomic mass is 19.4. The van der Waals surface area contributed by atoms with Gasteiger partial charge in [0.1, 0.15) is 5.75 Å². The molecule has 5 heteroatoms. The first-order valence-electron chi connectivity index (χ1n) is 6.70. The lowest BCUT2D eigenvalue weighted by Crippen LogP contribution is -2.23. The molecule has 0 saturated carbocycles. The van der Waals surface area contributed by atoms with Crippen LogP contribution >= 0.6 is 0 Å². The molecule has 0 N–H and O–H groups in total. The fourth-order valence-corrected chi connectivity index (χ4v) is 2.19. The molecule has 116 valence electrons. The number of carbonyl (C=O) groups is 1. The highest BCUT2D eigenvalue weighted by molar-refractivity contribution is 5.96. The van der Waals surface area contributed by atoms with Crippen LogP contribution in [0.3, 0.4) is 0 Å². The maximum Gasteiger partial charge on any atom is 0.396 e. The van der Waals surface area contributed by atoms with Crippen LogP contribution in [-0.4, -0.2) is 19.1 Å². The number of ketones is 1. The van der Waals surface area contributed by atoms with Gasteiger partial charge in [0.25, 0.3) is 0 Å². The fraction of sp³-hybridized carbons (Fsp3) is 0.235. The zero-order valence-electron chi connectivity index (χ0n) is 11.9. The van der Waals surface area contributed by atoms with Gasteiger partial charge in [-0.2, -0.15) is 13.2 Å². The molecular weight excluding hydrogens is 293 g/mol. The van der Waals surface area contributed by atoms with Crippen molar-refractivity contribution in [2.24, 2.45) is 0 Å². The first-order valence-corrected chi connectivity index (χ1v) is 6.70. The van der Waals surface area contributed by atoms with Crippen LogP contribution in [0.5, 0.6) is 5.75 Å². The summed E-state index contributed by atoms with van der Waals surface area (Å²) >= 11 is 0. The van der Waals surface area contributed by atoms with Gasteiger partial charge in [-0.3, -0.25) is 4.79 Å². The molecule has 0 heterocycles. The Labute approximate surface area is 126 Å². The van der Waals surface area contributed by atoms with Crippen LogP contribution < -0.4 is 4.74 Å². The molecular formula is C17H15F3O2. The molecule has 0 fully saturated rings. The second kappa shape index (κ2) is 6.64. The Morgan fingerprint density at radius 2 is 1.64 bits per heavy atom. The van der Waals surface area contributed by atoms with Gasteiger partial charge in [0.05, 0.1) is 13.0 Å². The monoisotopic (exact) mass is 308 g/mol. The summed E-state index contributed by atoms with van der Waals surface area (Å²) in [5.41, 5.74) is 0.336. The largest absolute Gasteiger partial charge is 0.497 e. The standard InChI is InChI=1S/C17H15F3O2/c1-22-14-9-7-13(8-10-14)16(21)11-15(17(18,19)20)12-5-3-2-4-6-12/h2-10,15H,11H2,1H3/t15-/m1/s1. The number of halogens is 3. The van der Waals surface area contributed by atoms with Gasteiger partial charge in [0.2, 0.25) is 0 Å². The van der Waals surface area contributed by atoms with E-state index in [4.69, 9.17) is 4.74 Å². The lowest BCUT2D eigenvalue weighted by atomic mass is 9.91. The number of alkyl halides is 3. The van der Waals surface area contributed by atoms with Gasteiger partial charge < -0.3 is 4.74 Å². The van der Waals surface area contributed by atoms with Crippen molar-refractivity contribution >= 4 is 5.78 Å².